The van der Waals surface area contributed by atoms with Crippen LogP contribution in [-0.2, 0) is 11.8 Å². The molecule has 108 valence electrons. The summed E-state index contributed by atoms with van der Waals surface area (Å²) < 4.78 is 1.77. The molecule has 0 aliphatic carbocycles. The molecule has 0 aromatic carbocycles. The Morgan fingerprint density at radius 2 is 2.00 bits per heavy atom. The Balaban J connectivity index is 2.05. The third kappa shape index (κ3) is 2.29. The number of nitrogens with one attached hydrogen (secondary N) is 2. The molecule has 0 fully saturated rings. The standard InChI is InChI=1S/C15H17N5O/c1-8-5-9(2)16-12(8)7-11-14(17-18-15(11)21)13-6-10(3)20(4)19-13/h5-7,16H,1-4H3,(H,18,21)/b11-7-. The van der Waals surface area contributed by atoms with E-state index in [4.69, 9.17) is 0 Å². The van der Waals surface area contributed by atoms with Gasteiger partial charge in [0, 0.05) is 24.1 Å². The summed E-state index contributed by atoms with van der Waals surface area (Å²) in [4.78, 5) is 15.3. The van der Waals surface area contributed by atoms with Crippen LogP contribution in [0, 0.1) is 20.8 Å². The van der Waals surface area contributed by atoms with Crippen molar-refractivity contribution in [1.82, 2.24) is 20.2 Å². The number of hydrazone groups is 1. The van der Waals surface area contributed by atoms with Crippen LogP contribution < -0.4 is 5.43 Å². The van der Waals surface area contributed by atoms with Crippen molar-refractivity contribution in [1.29, 1.82) is 0 Å². The second kappa shape index (κ2) is 4.73. The van der Waals surface area contributed by atoms with Gasteiger partial charge >= 0.3 is 0 Å². The van der Waals surface area contributed by atoms with Crippen LogP contribution in [0.25, 0.3) is 6.08 Å². The largest absolute Gasteiger partial charge is 0.359 e. The molecule has 0 radical (unpaired) electrons. The van der Waals surface area contributed by atoms with Crippen molar-refractivity contribution in [3.63, 3.8) is 0 Å². The van der Waals surface area contributed by atoms with Gasteiger partial charge in [-0.3, -0.25) is 9.48 Å². The van der Waals surface area contributed by atoms with E-state index in [-0.39, 0.29) is 5.91 Å². The van der Waals surface area contributed by atoms with Crippen molar-refractivity contribution in [2.24, 2.45) is 12.1 Å². The molecule has 2 aromatic heterocycles. The maximum absolute atomic E-state index is 12.0. The number of carbonyl (C=O) groups excluding carboxylic acids is 1. The summed E-state index contributed by atoms with van der Waals surface area (Å²) in [5, 5.41) is 8.50. The first-order chi connectivity index (χ1) is 9.95. The van der Waals surface area contributed by atoms with E-state index < -0.39 is 0 Å². The van der Waals surface area contributed by atoms with E-state index in [1.807, 2.05) is 46.0 Å². The molecule has 3 heterocycles. The van der Waals surface area contributed by atoms with Crippen LogP contribution in [0.1, 0.15) is 28.3 Å². The van der Waals surface area contributed by atoms with Gasteiger partial charge in [0.1, 0.15) is 11.4 Å². The highest BCUT2D eigenvalue weighted by atomic mass is 16.2. The van der Waals surface area contributed by atoms with Gasteiger partial charge in [0.25, 0.3) is 5.91 Å². The highest BCUT2D eigenvalue weighted by Crippen LogP contribution is 2.19. The number of carbonyl (C=O) groups is 1. The van der Waals surface area contributed by atoms with Crippen LogP contribution in [0.2, 0.25) is 0 Å². The van der Waals surface area contributed by atoms with E-state index in [9.17, 15) is 4.79 Å². The van der Waals surface area contributed by atoms with Gasteiger partial charge in [0.05, 0.1) is 5.57 Å². The van der Waals surface area contributed by atoms with Crippen molar-refractivity contribution < 1.29 is 4.79 Å². The molecule has 0 spiro atoms. The van der Waals surface area contributed by atoms with Crippen LogP contribution in [0.15, 0.2) is 22.8 Å². The van der Waals surface area contributed by atoms with E-state index in [0.29, 0.717) is 17.0 Å². The van der Waals surface area contributed by atoms with Gasteiger partial charge in [0.15, 0.2) is 0 Å². The van der Waals surface area contributed by atoms with Gasteiger partial charge < -0.3 is 4.98 Å². The Morgan fingerprint density at radius 3 is 2.57 bits per heavy atom. The van der Waals surface area contributed by atoms with E-state index in [1.165, 1.54) is 0 Å². The molecule has 6 nitrogen and oxygen atoms in total. The van der Waals surface area contributed by atoms with Gasteiger partial charge in [-0.15, -0.1) is 0 Å². The number of aromatic amines is 1. The van der Waals surface area contributed by atoms with Gasteiger partial charge in [-0.05, 0) is 44.5 Å². The SMILES string of the molecule is Cc1cc(C)c(/C=C2\C(=O)NN=C2c2cc(C)n(C)n2)[nH]1. The fourth-order valence-corrected chi connectivity index (χ4v) is 2.38. The maximum Gasteiger partial charge on any atom is 0.273 e. The van der Waals surface area contributed by atoms with E-state index >= 15 is 0 Å². The molecule has 6 heteroatoms. The minimum atomic E-state index is -0.208. The molecule has 21 heavy (non-hydrogen) atoms. The van der Waals surface area contributed by atoms with Gasteiger partial charge in [-0.25, -0.2) is 5.43 Å². The molecular weight excluding hydrogens is 266 g/mol. The predicted molar refractivity (Wildman–Crippen MR) is 80.9 cm³/mol. The highest BCUT2D eigenvalue weighted by molar-refractivity contribution is 6.32. The molecule has 0 bridgehead atoms. The van der Waals surface area contributed by atoms with Crippen molar-refractivity contribution in [2.75, 3.05) is 0 Å². The Hall–Kier alpha value is -2.63. The fraction of sp³-hybridized carbons (Fsp3) is 0.267. The first-order valence-corrected chi connectivity index (χ1v) is 6.73. The van der Waals surface area contributed by atoms with E-state index in [1.54, 1.807) is 4.68 Å². The molecule has 1 amide bonds. The van der Waals surface area contributed by atoms with Crippen LogP contribution in [0.3, 0.4) is 0 Å². The second-order valence-corrected chi connectivity index (χ2v) is 5.30. The molecule has 0 atom stereocenters. The summed E-state index contributed by atoms with van der Waals surface area (Å²) in [6.45, 7) is 5.95. The lowest BCUT2D eigenvalue weighted by Crippen LogP contribution is -2.14. The Bertz CT molecular complexity index is 772. The van der Waals surface area contributed by atoms with Crippen LogP contribution in [0.4, 0.5) is 0 Å². The minimum absolute atomic E-state index is 0.208. The van der Waals surface area contributed by atoms with E-state index in [0.717, 1.165) is 22.6 Å². The maximum atomic E-state index is 12.0. The highest BCUT2D eigenvalue weighted by Gasteiger charge is 2.26. The summed E-state index contributed by atoms with van der Waals surface area (Å²) in [5.74, 6) is -0.208. The van der Waals surface area contributed by atoms with Gasteiger partial charge in [-0.2, -0.15) is 10.2 Å². The molecule has 0 unspecified atom stereocenters. The zero-order valence-corrected chi connectivity index (χ0v) is 12.5. The number of hydrogen-bond acceptors (Lipinski definition) is 3. The molecule has 0 saturated carbocycles. The predicted octanol–water partition coefficient (Wildman–Crippen LogP) is 1.59. The van der Waals surface area contributed by atoms with Gasteiger partial charge in [-0.1, -0.05) is 0 Å². The average Bonchev–Trinajstić information content (AvgIpc) is 3.03. The minimum Gasteiger partial charge on any atom is -0.359 e. The summed E-state index contributed by atoms with van der Waals surface area (Å²) in [7, 11) is 1.87. The number of rotatable bonds is 2. The summed E-state index contributed by atoms with van der Waals surface area (Å²) in [6.07, 6.45) is 1.83. The Morgan fingerprint density at radius 1 is 1.24 bits per heavy atom. The number of aromatic nitrogens is 3. The first-order valence-electron chi connectivity index (χ1n) is 6.73. The Kier molecular flexibility index (Phi) is 3.01. The summed E-state index contributed by atoms with van der Waals surface area (Å²) in [6, 6.07) is 3.96. The lowest BCUT2D eigenvalue weighted by atomic mass is 10.1. The third-order valence-corrected chi connectivity index (χ3v) is 3.60. The molecule has 1 aliphatic rings. The van der Waals surface area contributed by atoms with Gasteiger partial charge in [0.2, 0.25) is 0 Å². The number of nitrogens with zero attached hydrogens (tertiary/aromatic N) is 3. The molecule has 2 N–H and O–H groups in total. The van der Waals surface area contributed by atoms with Crippen LogP contribution in [0.5, 0.6) is 0 Å². The van der Waals surface area contributed by atoms with Crippen molar-refractivity contribution in [3.05, 3.63) is 46.0 Å². The summed E-state index contributed by atoms with van der Waals surface area (Å²) >= 11 is 0. The quantitative estimate of drug-likeness (QED) is 0.821. The zero-order chi connectivity index (χ0) is 15.1. The average molecular weight is 283 g/mol. The van der Waals surface area contributed by atoms with Crippen LogP contribution >= 0.6 is 0 Å². The molecule has 2 aromatic rings. The Labute approximate surface area is 122 Å². The molecule has 3 rings (SSSR count). The lowest BCUT2D eigenvalue weighted by Gasteiger charge is -1.98. The first kappa shape index (κ1) is 13.4. The third-order valence-electron chi connectivity index (χ3n) is 3.60. The zero-order valence-electron chi connectivity index (χ0n) is 12.5. The fourth-order valence-electron chi connectivity index (χ4n) is 2.38. The number of hydrogen-bond donors (Lipinski definition) is 2. The normalized spacial score (nSPS) is 16.5. The molecule has 0 saturated heterocycles. The monoisotopic (exact) mass is 283 g/mol. The topological polar surface area (TPSA) is 75.1 Å². The van der Waals surface area contributed by atoms with Crippen molar-refractivity contribution in [3.8, 4) is 0 Å². The second-order valence-electron chi connectivity index (χ2n) is 5.30. The molecule has 1 aliphatic heterocycles. The molecular formula is C15H17N5O. The number of aryl methyl sites for hydroxylation is 4. The number of H-pyrrole nitrogens is 1. The van der Waals surface area contributed by atoms with Crippen molar-refractivity contribution in [2.45, 2.75) is 20.8 Å². The van der Waals surface area contributed by atoms with E-state index in [2.05, 4.69) is 20.6 Å². The number of amides is 1. The van der Waals surface area contributed by atoms with Crippen LogP contribution in [-0.4, -0.2) is 26.4 Å². The lowest BCUT2D eigenvalue weighted by molar-refractivity contribution is -0.116. The summed E-state index contributed by atoms with van der Waals surface area (Å²) in [5.41, 5.74) is 8.39. The smallest absolute Gasteiger partial charge is 0.273 e. The van der Waals surface area contributed by atoms with Crippen molar-refractivity contribution >= 4 is 17.7 Å².